The highest BCUT2D eigenvalue weighted by atomic mass is 16.6. The van der Waals surface area contributed by atoms with Gasteiger partial charge in [-0.2, -0.15) is 0 Å². The maximum absolute atomic E-state index is 12.9. The molecule has 0 amide bonds. The van der Waals surface area contributed by atoms with E-state index in [9.17, 15) is 15.0 Å². The van der Waals surface area contributed by atoms with Crippen LogP contribution in [0, 0.1) is 11.3 Å². The molecule has 0 fully saturated rings. The van der Waals surface area contributed by atoms with E-state index in [1.54, 1.807) is 19.2 Å². The normalized spacial score (nSPS) is 12.9. The zero-order valence-corrected chi connectivity index (χ0v) is 22.6. The van der Waals surface area contributed by atoms with Crippen molar-refractivity contribution in [3.63, 3.8) is 0 Å². The molecular weight excluding hydrogens is 468 g/mol. The predicted octanol–water partition coefficient (Wildman–Crippen LogP) is 5.46. The number of rotatable bonds is 15. The molecule has 0 saturated heterocycles. The van der Waals surface area contributed by atoms with E-state index in [-0.39, 0.29) is 11.9 Å². The van der Waals surface area contributed by atoms with Crippen molar-refractivity contribution in [2.45, 2.75) is 77.6 Å². The van der Waals surface area contributed by atoms with Gasteiger partial charge in [-0.3, -0.25) is 9.79 Å². The second-order valence-corrected chi connectivity index (χ2v) is 10.2. The third-order valence-corrected chi connectivity index (χ3v) is 6.06. The molecule has 3 N–H and O–H groups in total. The van der Waals surface area contributed by atoms with Crippen molar-refractivity contribution in [1.29, 1.82) is 5.41 Å². The number of carbonyl (C=O) groups is 1. The molecule has 0 aliphatic rings. The van der Waals surface area contributed by atoms with Crippen molar-refractivity contribution in [2.75, 3.05) is 13.7 Å². The van der Waals surface area contributed by atoms with Crippen LogP contribution in [0.25, 0.3) is 0 Å². The number of esters is 1. The first kappa shape index (κ1) is 30.2. The van der Waals surface area contributed by atoms with Crippen LogP contribution in [0.3, 0.4) is 0 Å². The van der Waals surface area contributed by atoms with Crippen LogP contribution < -0.4 is 4.74 Å². The van der Waals surface area contributed by atoms with Crippen LogP contribution in [0.5, 0.6) is 5.75 Å². The molecule has 0 spiro atoms. The maximum Gasteiger partial charge on any atom is 0.309 e. The van der Waals surface area contributed by atoms with E-state index in [4.69, 9.17) is 14.9 Å². The number of carbonyl (C=O) groups excluding carboxylic acids is 1. The molecule has 1 unspecified atom stereocenters. The average Bonchev–Trinajstić information content (AvgIpc) is 2.86. The molecule has 0 aromatic heterocycles. The lowest BCUT2D eigenvalue weighted by atomic mass is 9.93. The van der Waals surface area contributed by atoms with Crippen molar-refractivity contribution in [2.24, 2.45) is 10.9 Å². The SMILES string of the molecule is COc1ccc(CCCCN=C(C=N)CCC(CCc2ccc(C(O)O)cc2)C(=O)OC(C)(C)C)cc1. The number of aryl methyl sites for hydroxylation is 2. The monoisotopic (exact) mass is 510 g/mol. The van der Waals surface area contributed by atoms with Crippen LogP contribution in [0.15, 0.2) is 53.5 Å². The fraction of sp³-hybridized carbons (Fsp3) is 0.500. The predicted molar refractivity (Wildman–Crippen MR) is 148 cm³/mol. The second kappa shape index (κ2) is 15.3. The van der Waals surface area contributed by atoms with Crippen LogP contribution >= 0.6 is 0 Å². The lowest BCUT2D eigenvalue weighted by molar-refractivity contribution is -0.160. The minimum absolute atomic E-state index is 0.237. The Morgan fingerprint density at radius 1 is 0.973 bits per heavy atom. The zero-order valence-electron chi connectivity index (χ0n) is 22.6. The van der Waals surface area contributed by atoms with Crippen LogP contribution in [-0.2, 0) is 22.4 Å². The summed E-state index contributed by atoms with van der Waals surface area (Å²) in [6, 6.07) is 15.1. The molecule has 202 valence electrons. The van der Waals surface area contributed by atoms with E-state index in [2.05, 4.69) is 17.1 Å². The number of methoxy groups -OCH3 is 1. The van der Waals surface area contributed by atoms with Gasteiger partial charge in [0.25, 0.3) is 0 Å². The average molecular weight is 511 g/mol. The van der Waals surface area contributed by atoms with E-state index in [1.807, 2.05) is 45.0 Å². The molecule has 0 heterocycles. The summed E-state index contributed by atoms with van der Waals surface area (Å²) < 4.78 is 10.9. The van der Waals surface area contributed by atoms with Crippen molar-refractivity contribution in [1.82, 2.24) is 0 Å². The number of aliphatic imine (C=N–C) groups is 1. The van der Waals surface area contributed by atoms with Gasteiger partial charge in [0, 0.05) is 18.3 Å². The Balaban J connectivity index is 1.89. The summed E-state index contributed by atoms with van der Waals surface area (Å²) in [5.41, 5.74) is 2.83. The Labute approximate surface area is 221 Å². The summed E-state index contributed by atoms with van der Waals surface area (Å²) in [6.45, 7) is 6.23. The molecular formula is C30H42N2O5. The van der Waals surface area contributed by atoms with Crippen LogP contribution in [0.2, 0.25) is 0 Å². The zero-order chi connectivity index (χ0) is 27.3. The molecule has 0 aliphatic carbocycles. The van der Waals surface area contributed by atoms with Crippen molar-refractivity contribution < 1.29 is 24.5 Å². The van der Waals surface area contributed by atoms with E-state index in [1.165, 1.54) is 11.8 Å². The van der Waals surface area contributed by atoms with Gasteiger partial charge >= 0.3 is 5.97 Å². The van der Waals surface area contributed by atoms with Crippen molar-refractivity contribution >= 4 is 17.9 Å². The van der Waals surface area contributed by atoms with E-state index in [0.29, 0.717) is 43.5 Å². The van der Waals surface area contributed by atoms with Gasteiger partial charge in [-0.15, -0.1) is 0 Å². The smallest absolute Gasteiger partial charge is 0.309 e. The van der Waals surface area contributed by atoms with Crippen LogP contribution in [0.4, 0.5) is 0 Å². The Hall–Kier alpha value is -3.03. The number of unbranched alkanes of at least 4 members (excludes halogenated alkanes) is 1. The number of nitrogens with zero attached hydrogens (tertiary/aromatic N) is 1. The lowest BCUT2D eigenvalue weighted by Crippen LogP contribution is -2.29. The third kappa shape index (κ3) is 11.7. The molecule has 0 bridgehead atoms. The first-order valence-electron chi connectivity index (χ1n) is 13.0. The summed E-state index contributed by atoms with van der Waals surface area (Å²) in [7, 11) is 1.66. The molecule has 1 atom stereocenters. The quantitative estimate of drug-likeness (QED) is 0.127. The van der Waals surface area contributed by atoms with Gasteiger partial charge in [-0.1, -0.05) is 36.4 Å². The Kier molecular flexibility index (Phi) is 12.5. The van der Waals surface area contributed by atoms with E-state index < -0.39 is 11.9 Å². The molecule has 2 aromatic carbocycles. The Morgan fingerprint density at radius 3 is 2.16 bits per heavy atom. The summed E-state index contributed by atoms with van der Waals surface area (Å²) in [6.07, 6.45) is 5.06. The molecule has 37 heavy (non-hydrogen) atoms. The first-order chi connectivity index (χ1) is 17.6. The molecule has 2 rings (SSSR count). The second-order valence-electron chi connectivity index (χ2n) is 10.2. The summed E-state index contributed by atoms with van der Waals surface area (Å²) in [5, 5.41) is 26.3. The van der Waals surface area contributed by atoms with Crippen LogP contribution in [-0.4, -0.2) is 47.4 Å². The topological polar surface area (TPSA) is 112 Å². The molecule has 0 radical (unpaired) electrons. The number of ether oxygens (including phenoxy) is 2. The van der Waals surface area contributed by atoms with Gasteiger partial charge < -0.3 is 25.1 Å². The molecule has 0 saturated carbocycles. The highest BCUT2D eigenvalue weighted by Crippen LogP contribution is 2.22. The van der Waals surface area contributed by atoms with Gasteiger partial charge in [0.2, 0.25) is 0 Å². The van der Waals surface area contributed by atoms with Crippen molar-refractivity contribution in [3.8, 4) is 5.75 Å². The number of nitrogens with one attached hydrogen (secondary N) is 1. The largest absolute Gasteiger partial charge is 0.497 e. The minimum Gasteiger partial charge on any atom is -0.497 e. The summed E-state index contributed by atoms with van der Waals surface area (Å²) in [5.74, 6) is 0.300. The van der Waals surface area contributed by atoms with Crippen molar-refractivity contribution in [3.05, 3.63) is 65.2 Å². The van der Waals surface area contributed by atoms with E-state index in [0.717, 1.165) is 30.6 Å². The first-order valence-corrected chi connectivity index (χ1v) is 13.0. The highest BCUT2D eigenvalue weighted by molar-refractivity contribution is 6.29. The van der Waals surface area contributed by atoms with Crippen LogP contribution in [0.1, 0.15) is 75.9 Å². The molecule has 0 aliphatic heterocycles. The fourth-order valence-electron chi connectivity index (χ4n) is 3.94. The molecule has 2 aromatic rings. The summed E-state index contributed by atoms with van der Waals surface area (Å²) in [4.78, 5) is 17.5. The van der Waals surface area contributed by atoms with Gasteiger partial charge in [0.05, 0.1) is 18.7 Å². The van der Waals surface area contributed by atoms with Gasteiger partial charge in [0.1, 0.15) is 11.4 Å². The molecule has 7 heteroatoms. The number of hydrogen-bond acceptors (Lipinski definition) is 7. The number of aliphatic hydroxyl groups is 2. The van der Waals surface area contributed by atoms with Gasteiger partial charge in [0.15, 0.2) is 6.29 Å². The highest BCUT2D eigenvalue weighted by Gasteiger charge is 2.25. The summed E-state index contributed by atoms with van der Waals surface area (Å²) >= 11 is 0. The Bertz CT molecular complexity index is 992. The third-order valence-electron chi connectivity index (χ3n) is 6.06. The maximum atomic E-state index is 12.9. The lowest BCUT2D eigenvalue weighted by Gasteiger charge is -2.24. The van der Waals surface area contributed by atoms with Gasteiger partial charge in [-0.05, 0) is 89.0 Å². The number of aliphatic hydroxyl groups excluding tert-OH is 1. The minimum atomic E-state index is -1.50. The Morgan fingerprint density at radius 2 is 1.59 bits per heavy atom. The standard InChI is InChI=1S/C30H42N2O5/c1-30(2,3)37-29(35)25(15-10-23-8-13-24(14-9-23)28(33)34)16-17-26(21-31)32-20-6-5-7-22-11-18-27(36-4)19-12-22/h8-9,11-14,18-19,21,25,28,31,33-34H,5-7,10,15-17,20H2,1-4H3. The fourth-order valence-corrected chi connectivity index (χ4v) is 3.94. The number of benzene rings is 2. The number of hydrogen-bond donors (Lipinski definition) is 3. The molecule has 7 nitrogen and oxygen atoms in total. The van der Waals surface area contributed by atoms with Gasteiger partial charge in [-0.25, -0.2) is 0 Å². The van der Waals surface area contributed by atoms with E-state index >= 15 is 0 Å².